The summed E-state index contributed by atoms with van der Waals surface area (Å²) in [5.41, 5.74) is 3.69. The average Bonchev–Trinajstić information content (AvgIpc) is 2.99. The Morgan fingerprint density at radius 3 is 2.46 bits per heavy atom. The molecule has 1 atom stereocenters. The lowest BCUT2D eigenvalue weighted by Crippen LogP contribution is -2.30. The van der Waals surface area contributed by atoms with E-state index in [2.05, 4.69) is 16.7 Å². The molecule has 124 valence electrons. The van der Waals surface area contributed by atoms with Gasteiger partial charge in [-0.15, -0.1) is 0 Å². The van der Waals surface area contributed by atoms with Crippen molar-refractivity contribution in [2.75, 3.05) is 5.32 Å². The van der Waals surface area contributed by atoms with Gasteiger partial charge in [-0.3, -0.25) is 9.59 Å². The molecule has 24 heavy (non-hydrogen) atoms. The second-order valence-electron chi connectivity index (χ2n) is 6.48. The summed E-state index contributed by atoms with van der Waals surface area (Å²) in [5, 5.41) is 5.81. The molecule has 0 aromatic heterocycles. The van der Waals surface area contributed by atoms with Gasteiger partial charge in [-0.2, -0.15) is 0 Å². The molecule has 1 aliphatic rings. The average molecular weight is 322 g/mol. The Balaban J connectivity index is 1.66. The number of amides is 2. The van der Waals surface area contributed by atoms with Gasteiger partial charge in [0.2, 0.25) is 5.91 Å². The van der Waals surface area contributed by atoms with Crippen LogP contribution in [0, 0.1) is 0 Å². The van der Waals surface area contributed by atoms with Crippen molar-refractivity contribution >= 4 is 17.5 Å². The van der Waals surface area contributed by atoms with Crippen LogP contribution in [0.15, 0.2) is 48.5 Å². The van der Waals surface area contributed by atoms with Gasteiger partial charge >= 0.3 is 0 Å². The summed E-state index contributed by atoms with van der Waals surface area (Å²) < 4.78 is 0. The van der Waals surface area contributed by atoms with Gasteiger partial charge in [-0.1, -0.05) is 24.3 Å². The zero-order valence-electron chi connectivity index (χ0n) is 14.0. The van der Waals surface area contributed by atoms with Crippen LogP contribution in [0.2, 0.25) is 0 Å². The number of anilines is 1. The van der Waals surface area contributed by atoms with Gasteiger partial charge in [0.1, 0.15) is 0 Å². The highest BCUT2D eigenvalue weighted by Crippen LogP contribution is 2.33. The van der Waals surface area contributed by atoms with Crippen LogP contribution in [-0.2, 0) is 11.2 Å². The van der Waals surface area contributed by atoms with Gasteiger partial charge < -0.3 is 10.6 Å². The molecule has 0 aliphatic heterocycles. The fourth-order valence-electron chi connectivity index (χ4n) is 3.11. The maximum absolute atomic E-state index is 12.6. The Morgan fingerprint density at radius 1 is 1.04 bits per heavy atom. The standard InChI is InChI=1S/C20H22N2O2/c1-13(2)21-19(23)15-7-10-16(11-8-15)22-20(24)18-12-9-14-5-3-4-6-17(14)18/h3-8,10-11,13,18H,9,12H2,1-2H3,(H,21,23)(H,22,24). The Labute approximate surface area is 142 Å². The minimum Gasteiger partial charge on any atom is -0.350 e. The van der Waals surface area contributed by atoms with E-state index in [1.807, 2.05) is 32.0 Å². The first-order valence-electron chi connectivity index (χ1n) is 8.34. The molecule has 4 heteroatoms. The molecule has 1 unspecified atom stereocenters. The number of aryl methyl sites for hydroxylation is 1. The zero-order valence-corrected chi connectivity index (χ0v) is 14.0. The summed E-state index contributed by atoms with van der Waals surface area (Å²) in [6.07, 6.45) is 1.79. The SMILES string of the molecule is CC(C)NC(=O)c1ccc(NC(=O)C2CCc3ccccc32)cc1. The van der Waals surface area contributed by atoms with Gasteiger partial charge in [-0.05, 0) is 62.1 Å². The van der Waals surface area contributed by atoms with Crippen LogP contribution < -0.4 is 10.6 Å². The highest BCUT2D eigenvalue weighted by molar-refractivity contribution is 5.98. The number of benzene rings is 2. The molecule has 0 saturated carbocycles. The predicted octanol–water partition coefficient (Wildman–Crippen LogP) is 3.49. The summed E-state index contributed by atoms with van der Waals surface area (Å²) in [7, 11) is 0. The molecule has 0 bridgehead atoms. The highest BCUT2D eigenvalue weighted by atomic mass is 16.2. The van der Waals surface area contributed by atoms with Crippen LogP contribution in [0.3, 0.4) is 0 Å². The zero-order chi connectivity index (χ0) is 17.1. The minimum atomic E-state index is -0.104. The van der Waals surface area contributed by atoms with Gasteiger partial charge in [-0.25, -0.2) is 0 Å². The quantitative estimate of drug-likeness (QED) is 0.905. The number of rotatable bonds is 4. The lowest BCUT2D eigenvalue weighted by atomic mass is 10.0. The molecule has 0 spiro atoms. The lowest BCUT2D eigenvalue weighted by Gasteiger charge is -2.13. The molecule has 2 aromatic carbocycles. The molecule has 2 N–H and O–H groups in total. The largest absolute Gasteiger partial charge is 0.350 e. The van der Waals surface area contributed by atoms with E-state index in [0.717, 1.165) is 18.4 Å². The molecular weight excluding hydrogens is 300 g/mol. The van der Waals surface area contributed by atoms with Gasteiger partial charge in [0, 0.05) is 17.3 Å². The predicted molar refractivity (Wildman–Crippen MR) is 95.2 cm³/mol. The van der Waals surface area contributed by atoms with E-state index < -0.39 is 0 Å². The molecule has 2 amide bonds. The van der Waals surface area contributed by atoms with Crippen molar-refractivity contribution in [1.29, 1.82) is 0 Å². The summed E-state index contributed by atoms with van der Waals surface area (Å²) in [6, 6.07) is 15.2. The summed E-state index contributed by atoms with van der Waals surface area (Å²) in [4.78, 5) is 24.5. The number of nitrogens with one attached hydrogen (secondary N) is 2. The van der Waals surface area contributed by atoms with Gasteiger partial charge in [0.15, 0.2) is 0 Å². The van der Waals surface area contributed by atoms with E-state index >= 15 is 0 Å². The van der Waals surface area contributed by atoms with Crippen LogP contribution in [0.5, 0.6) is 0 Å². The minimum absolute atomic E-state index is 0.0133. The number of carbonyl (C=O) groups excluding carboxylic acids is 2. The van der Waals surface area contributed by atoms with E-state index in [9.17, 15) is 9.59 Å². The first-order chi connectivity index (χ1) is 11.5. The third-order valence-corrected chi connectivity index (χ3v) is 4.28. The van der Waals surface area contributed by atoms with Crippen molar-refractivity contribution in [2.24, 2.45) is 0 Å². The molecule has 2 aromatic rings. The van der Waals surface area contributed by atoms with E-state index in [-0.39, 0.29) is 23.8 Å². The van der Waals surface area contributed by atoms with Crippen molar-refractivity contribution in [3.63, 3.8) is 0 Å². The highest BCUT2D eigenvalue weighted by Gasteiger charge is 2.28. The second-order valence-corrected chi connectivity index (χ2v) is 6.48. The van der Waals surface area contributed by atoms with Crippen molar-refractivity contribution < 1.29 is 9.59 Å². The summed E-state index contributed by atoms with van der Waals surface area (Å²) >= 11 is 0. The van der Waals surface area contributed by atoms with Crippen molar-refractivity contribution in [1.82, 2.24) is 5.32 Å². The van der Waals surface area contributed by atoms with E-state index in [1.54, 1.807) is 24.3 Å². The van der Waals surface area contributed by atoms with Gasteiger partial charge in [0.05, 0.1) is 5.92 Å². The number of carbonyl (C=O) groups is 2. The Kier molecular flexibility index (Phi) is 4.65. The first kappa shape index (κ1) is 16.2. The maximum atomic E-state index is 12.6. The van der Waals surface area contributed by atoms with Crippen LogP contribution in [0.1, 0.15) is 47.7 Å². The van der Waals surface area contributed by atoms with E-state index in [1.165, 1.54) is 5.56 Å². The van der Waals surface area contributed by atoms with Gasteiger partial charge in [0.25, 0.3) is 5.91 Å². The van der Waals surface area contributed by atoms with Crippen LogP contribution in [0.4, 0.5) is 5.69 Å². The monoisotopic (exact) mass is 322 g/mol. The summed E-state index contributed by atoms with van der Waals surface area (Å²) in [5.74, 6) is -0.183. The first-order valence-corrected chi connectivity index (χ1v) is 8.34. The number of hydrogen-bond acceptors (Lipinski definition) is 2. The Hall–Kier alpha value is -2.62. The molecule has 0 radical (unpaired) electrons. The van der Waals surface area contributed by atoms with Crippen molar-refractivity contribution in [3.05, 3.63) is 65.2 Å². The molecule has 0 saturated heterocycles. The Bertz CT molecular complexity index is 750. The van der Waals surface area contributed by atoms with Crippen LogP contribution in [-0.4, -0.2) is 17.9 Å². The normalized spacial score (nSPS) is 15.9. The second kappa shape index (κ2) is 6.87. The third-order valence-electron chi connectivity index (χ3n) is 4.28. The maximum Gasteiger partial charge on any atom is 0.251 e. The smallest absolute Gasteiger partial charge is 0.251 e. The van der Waals surface area contributed by atoms with Crippen LogP contribution in [0.25, 0.3) is 0 Å². The number of hydrogen-bond donors (Lipinski definition) is 2. The van der Waals surface area contributed by atoms with E-state index in [0.29, 0.717) is 11.3 Å². The fourth-order valence-corrected chi connectivity index (χ4v) is 3.11. The van der Waals surface area contributed by atoms with E-state index in [4.69, 9.17) is 0 Å². The molecular formula is C20H22N2O2. The van der Waals surface area contributed by atoms with Crippen LogP contribution >= 0.6 is 0 Å². The van der Waals surface area contributed by atoms with Crippen molar-refractivity contribution in [3.8, 4) is 0 Å². The van der Waals surface area contributed by atoms with Crippen molar-refractivity contribution in [2.45, 2.75) is 38.6 Å². The summed E-state index contributed by atoms with van der Waals surface area (Å²) in [6.45, 7) is 3.85. The Morgan fingerprint density at radius 2 is 1.75 bits per heavy atom. The molecule has 3 rings (SSSR count). The number of fused-ring (bicyclic) bond motifs is 1. The molecule has 1 aliphatic carbocycles. The lowest BCUT2D eigenvalue weighted by molar-refractivity contribution is -0.117. The fraction of sp³-hybridized carbons (Fsp3) is 0.300. The molecule has 0 heterocycles. The molecule has 4 nitrogen and oxygen atoms in total. The topological polar surface area (TPSA) is 58.2 Å². The third kappa shape index (κ3) is 3.48. The molecule has 0 fully saturated rings.